The van der Waals surface area contributed by atoms with Crippen molar-refractivity contribution in [3.8, 4) is 11.5 Å². The Kier molecular flexibility index (Phi) is 5.99. The van der Waals surface area contributed by atoms with Gasteiger partial charge in [-0.2, -0.15) is 0 Å². The third-order valence-electron chi connectivity index (χ3n) is 4.08. The SMILES string of the molecule is COc1ccc(C(=O)Nc2ccccc2Cl)cc1COc1ccc(C)cc1. The number of halogens is 1. The van der Waals surface area contributed by atoms with E-state index in [9.17, 15) is 4.79 Å². The van der Waals surface area contributed by atoms with Crippen LogP contribution in [0.1, 0.15) is 21.5 Å². The Morgan fingerprint density at radius 1 is 1.04 bits per heavy atom. The van der Waals surface area contributed by atoms with E-state index in [1.807, 2.05) is 43.3 Å². The molecule has 0 aliphatic carbocycles. The average Bonchev–Trinajstić information content (AvgIpc) is 2.69. The maximum Gasteiger partial charge on any atom is 0.255 e. The predicted octanol–water partition coefficient (Wildman–Crippen LogP) is 5.49. The molecule has 0 fully saturated rings. The second-order valence-electron chi connectivity index (χ2n) is 6.06. The van der Waals surface area contributed by atoms with E-state index in [1.165, 1.54) is 0 Å². The standard InChI is InChI=1S/C22H20ClNO3/c1-15-7-10-18(11-8-15)27-14-17-13-16(9-12-21(17)26-2)22(25)24-20-6-4-3-5-19(20)23/h3-13H,14H2,1-2H3,(H,24,25). The predicted molar refractivity (Wildman–Crippen MR) is 108 cm³/mol. The molecule has 3 aromatic carbocycles. The molecule has 3 rings (SSSR count). The maximum atomic E-state index is 12.6. The molecule has 0 bridgehead atoms. The van der Waals surface area contributed by atoms with Gasteiger partial charge in [-0.25, -0.2) is 0 Å². The van der Waals surface area contributed by atoms with Crippen molar-refractivity contribution in [2.24, 2.45) is 0 Å². The van der Waals surface area contributed by atoms with Gasteiger partial charge in [-0.3, -0.25) is 4.79 Å². The van der Waals surface area contributed by atoms with E-state index in [-0.39, 0.29) is 5.91 Å². The van der Waals surface area contributed by atoms with Crippen LogP contribution in [0.5, 0.6) is 11.5 Å². The molecular weight excluding hydrogens is 362 g/mol. The number of hydrogen-bond acceptors (Lipinski definition) is 3. The Hall–Kier alpha value is -2.98. The van der Waals surface area contributed by atoms with Crippen LogP contribution in [0.15, 0.2) is 66.7 Å². The van der Waals surface area contributed by atoms with Gasteiger partial charge in [-0.05, 0) is 49.4 Å². The number of carbonyl (C=O) groups excluding carboxylic acids is 1. The molecule has 0 saturated carbocycles. The van der Waals surface area contributed by atoms with Crippen molar-refractivity contribution in [3.05, 3.63) is 88.4 Å². The number of benzene rings is 3. The van der Waals surface area contributed by atoms with Crippen LogP contribution in [0.25, 0.3) is 0 Å². The number of methoxy groups -OCH3 is 1. The largest absolute Gasteiger partial charge is 0.496 e. The summed E-state index contributed by atoms with van der Waals surface area (Å²) < 4.78 is 11.2. The Labute approximate surface area is 163 Å². The molecule has 27 heavy (non-hydrogen) atoms. The Bertz CT molecular complexity index is 939. The molecule has 0 aliphatic rings. The van der Waals surface area contributed by atoms with Crippen LogP contribution in [0.4, 0.5) is 5.69 Å². The summed E-state index contributed by atoms with van der Waals surface area (Å²) in [5.41, 5.74) is 3.01. The van der Waals surface area contributed by atoms with Gasteiger partial charge >= 0.3 is 0 Å². The van der Waals surface area contributed by atoms with Crippen LogP contribution in [-0.2, 0) is 6.61 Å². The highest BCUT2D eigenvalue weighted by Crippen LogP contribution is 2.25. The minimum Gasteiger partial charge on any atom is -0.496 e. The number of carbonyl (C=O) groups is 1. The summed E-state index contributed by atoms with van der Waals surface area (Å²) >= 11 is 6.11. The van der Waals surface area contributed by atoms with Crippen molar-refractivity contribution < 1.29 is 14.3 Å². The summed E-state index contributed by atoms with van der Waals surface area (Å²) in [6.45, 7) is 2.31. The molecule has 0 saturated heterocycles. The third kappa shape index (κ3) is 4.80. The van der Waals surface area contributed by atoms with Gasteiger partial charge in [-0.15, -0.1) is 0 Å². The van der Waals surface area contributed by atoms with E-state index >= 15 is 0 Å². The number of ether oxygens (including phenoxy) is 2. The van der Waals surface area contributed by atoms with E-state index in [2.05, 4.69) is 5.32 Å². The fourth-order valence-corrected chi connectivity index (χ4v) is 2.77. The summed E-state index contributed by atoms with van der Waals surface area (Å²) in [5, 5.41) is 3.31. The molecule has 0 heterocycles. The lowest BCUT2D eigenvalue weighted by Gasteiger charge is -2.13. The van der Waals surface area contributed by atoms with Crippen molar-refractivity contribution in [1.82, 2.24) is 0 Å². The number of hydrogen-bond donors (Lipinski definition) is 1. The Morgan fingerprint density at radius 2 is 1.78 bits per heavy atom. The molecular formula is C22H20ClNO3. The highest BCUT2D eigenvalue weighted by molar-refractivity contribution is 6.33. The summed E-state index contributed by atoms with van der Waals surface area (Å²) in [5.74, 6) is 1.17. The zero-order valence-electron chi connectivity index (χ0n) is 15.2. The first-order chi connectivity index (χ1) is 13.1. The van der Waals surface area contributed by atoms with Crippen LogP contribution in [-0.4, -0.2) is 13.0 Å². The van der Waals surface area contributed by atoms with Gasteiger partial charge in [-0.1, -0.05) is 41.4 Å². The molecule has 0 radical (unpaired) electrons. The minimum atomic E-state index is -0.248. The molecule has 0 aromatic heterocycles. The topological polar surface area (TPSA) is 47.6 Å². The van der Waals surface area contributed by atoms with Gasteiger partial charge in [0.1, 0.15) is 18.1 Å². The minimum absolute atomic E-state index is 0.248. The average molecular weight is 382 g/mol. The first-order valence-corrected chi connectivity index (χ1v) is 8.87. The molecule has 1 amide bonds. The molecule has 138 valence electrons. The van der Waals surface area contributed by atoms with E-state index in [0.29, 0.717) is 28.6 Å². The lowest BCUT2D eigenvalue weighted by Crippen LogP contribution is -2.13. The Balaban J connectivity index is 1.77. The van der Waals surface area contributed by atoms with Gasteiger partial charge in [0.25, 0.3) is 5.91 Å². The quantitative estimate of drug-likeness (QED) is 0.614. The number of para-hydroxylation sites is 1. The van der Waals surface area contributed by atoms with Crippen molar-refractivity contribution in [2.45, 2.75) is 13.5 Å². The first-order valence-electron chi connectivity index (χ1n) is 8.49. The monoisotopic (exact) mass is 381 g/mol. The van der Waals surface area contributed by atoms with Crippen molar-refractivity contribution in [2.75, 3.05) is 12.4 Å². The van der Waals surface area contributed by atoms with Crippen molar-refractivity contribution >= 4 is 23.2 Å². The number of nitrogens with one attached hydrogen (secondary N) is 1. The number of amides is 1. The van der Waals surface area contributed by atoms with Gasteiger partial charge in [0.2, 0.25) is 0 Å². The summed E-state index contributed by atoms with van der Waals surface area (Å²) in [6.07, 6.45) is 0. The summed E-state index contributed by atoms with van der Waals surface area (Å²) in [4.78, 5) is 12.6. The van der Waals surface area contributed by atoms with E-state index in [1.54, 1.807) is 37.4 Å². The zero-order valence-corrected chi connectivity index (χ0v) is 15.9. The molecule has 0 unspecified atom stereocenters. The lowest BCUT2D eigenvalue weighted by atomic mass is 10.1. The van der Waals surface area contributed by atoms with E-state index in [0.717, 1.165) is 16.9 Å². The molecule has 0 atom stereocenters. The lowest BCUT2D eigenvalue weighted by molar-refractivity contribution is 0.102. The first kappa shape index (κ1) is 18.8. The van der Waals surface area contributed by atoms with Gasteiger partial charge in [0.05, 0.1) is 17.8 Å². The molecule has 0 spiro atoms. The molecule has 1 N–H and O–H groups in total. The highest BCUT2D eigenvalue weighted by atomic mass is 35.5. The zero-order chi connectivity index (χ0) is 19.2. The van der Waals surface area contributed by atoms with Gasteiger partial charge < -0.3 is 14.8 Å². The number of anilines is 1. The summed E-state index contributed by atoms with van der Waals surface area (Å²) in [7, 11) is 1.59. The highest BCUT2D eigenvalue weighted by Gasteiger charge is 2.12. The number of rotatable bonds is 6. The van der Waals surface area contributed by atoms with Gasteiger partial charge in [0, 0.05) is 11.1 Å². The maximum absolute atomic E-state index is 12.6. The second-order valence-corrected chi connectivity index (χ2v) is 6.47. The number of aryl methyl sites for hydroxylation is 1. The summed E-state index contributed by atoms with van der Waals surface area (Å²) in [6, 6.07) is 20.1. The molecule has 5 heteroatoms. The van der Waals surface area contributed by atoms with Crippen LogP contribution in [0.2, 0.25) is 5.02 Å². The smallest absolute Gasteiger partial charge is 0.255 e. The third-order valence-corrected chi connectivity index (χ3v) is 4.41. The van der Waals surface area contributed by atoms with Crippen LogP contribution >= 0.6 is 11.6 Å². The molecule has 4 nitrogen and oxygen atoms in total. The molecule has 3 aromatic rings. The Morgan fingerprint density at radius 3 is 2.48 bits per heavy atom. The van der Waals surface area contributed by atoms with Crippen LogP contribution in [0.3, 0.4) is 0 Å². The normalized spacial score (nSPS) is 10.3. The van der Waals surface area contributed by atoms with E-state index in [4.69, 9.17) is 21.1 Å². The van der Waals surface area contributed by atoms with Gasteiger partial charge in [0.15, 0.2) is 0 Å². The second kappa shape index (κ2) is 8.60. The van der Waals surface area contributed by atoms with Crippen LogP contribution < -0.4 is 14.8 Å². The fraction of sp³-hybridized carbons (Fsp3) is 0.136. The fourth-order valence-electron chi connectivity index (χ4n) is 2.59. The van der Waals surface area contributed by atoms with E-state index < -0.39 is 0 Å². The van der Waals surface area contributed by atoms with Crippen molar-refractivity contribution in [3.63, 3.8) is 0 Å². The van der Waals surface area contributed by atoms with Crippen LogP contribution in [0, 0.1) is 6.92 Å². The molecule has 0 aliphatic heterocycles. The van der Waals surface area contributed by atoms with Crippen molar-refractivity contribution in [1.29, 1.82) is 0 Å².